The van der Waals surface area contributed by atoms with Crippen LogP contribution in [0.4, 0.5) is 4.79 Å². The molecule has 0 bridgehead atoms. The van der Waals surface area contributed by atoms with Crippen LogP contribution < -0.4 is 5.32 Å². The molecular weight excluding hydrogens is 142 g/mol. The lowest BCUT2D eigenvalue weighted by molar-refractivity contribution is 0.149. The normalized spacial score (nSPS) is 7.82. The SMILES string of the molecule is CC#CNC(=O)OCCCC. The minimum atomic E-state index is -0.465. The first-order valence-electron chi connectivity index (χ1n) is 3.65. The Kier molecular flexibility index (Phi) is 6.20. The van der Waals surface area contributed by atoms with Crippen LogP contribution in [-0.4, -0.2) is 12.7 Å². The van der Waals surface area contributed by atoms with Crippen molar-refractivity contribution in [2.75, 3.05) is 6.61 Å². The number of nitrogens with one attached hydrogen (secondary N) is 1. The molecule has 0 aromatic rings. The summed E-state index contributed by atoms with van der Waals surface area (Å²) in [5.41, 5.74) is 0. The van der Waals surface area contributed by atoms with Gasteiger partial charge in [0, 0.05) is 6.04 Å². The van der Waals surface area contributed by atoms with Crippen LogP contribution in [0.25, 0.3) is 0 Å². The largest absolute Gasteiger partial charge is 0.449 e. The molecule has 0 aromatic heterocycles. The van der Waals surface area contributed by atoms with E-state index in [0.717, 1.165) is 12.8 Å². The fourth-order valence-corrected chi connectivity index (χ4v) is 0.459. The van der Waals surface area contributed by atoms with Crippen LogP contribution in [0.3, 0.4) is 0 Å². The topological polar surface area (TPSA) is 38.3 Å². The van der Waals surface area contributed by atoms with Crippen LogP contribution in [0, 0.1) is 12.0 Å². The second kappa shape index (κ2) is 6.94. The zero-order valence-electron chi connectivity index (χ0n) is 6.94. The average Bonchev–Trinajstić information content (AvgIpc) is 2.01. The van der Waals surface area contributed by atoms with Gasteiger partial charge in [0.2, 0.25) is 0 Å². The molecule has 0 unspecified atom stereocenters. The Morgan fingerprint density at radius 3 is 2.91 bits per heavy atom. The number of carbonyl (C=O) groups is 1. The molecule has 0 aliphatic carbocycles. The molecule has 0 fully saturated rings. The zero-order chi connectivity index (χ0) is 8.53. The summed E-state index contributed by atoms with van der Waals surface area (Å²) in [7, 11) is 0. The molecule has 0 aromatic carbocycles. The molecule has 11 heavy (non-hydrogen) atoms. The van der Waals surface area contributed by atoms with Crippen LogP contribution in [0.15, 0.2) is 0 Å². The molecule has 62 valence electrons. The number of alkyl carbamates (subject to hydrolysis) is 1. The van der Waals surface area contributed by atoms with Gasteiger partial charge in [-0.1, -0.05) is 19.3 Å². The third kappa shape index (κ3) is 6.72. The van der Waals surface area contributed by atoms with Crippen LogP contribution >= 0.6 is 0 Å². The van der Waals surface area contributed by atoms with Gasteiger partial charge < -0.3 is 4.74 Å². The van der Waals surface area contributed by atoms with Crippen molar-refractivity contribution < 1.29 is 9.53 Å². The summed E-state index contributed by atoms with van der Waals surface area (Å²) < 4.78 is 4.73. The zero-order valence-corrected chi connectivity index (χ0v) is 6.94. The van der Waals surface area contributed by atoms with Crippen molar-refractivity contribution in [1.82, 2.24) is 5.32 Å². The number of carbonyl (C=O) groups excluding carboxylic acids is 1. The van der Waals surface area contributed by atoms with Crippen molar-refractivity contribution >= 4 is 6.09 Å². The highest BCUT2D eigenvalue weighted by molar-refractivity contribution is 5.69. The molecule has 0 atom stereocenters. The molecule has 0 radical (unpaired) electrons. The lowest BCUT2D eigenvalue weighted by atomic mass is 10.4. The van der Waals surface area contributed by atoms with Crippen LogP contribution in [0.5, 0.6) is 0 Å². The van der Waals surface area contributed by atoms with E-state index in [2.05, 4.69) is 17.3 Å². The summed E-state index contributed by atoms with van der Waals surface area (Å²) in [5, 5.41) is 2.27. The van der Waals surface area contributed by atoms with Gasteiger partial charge in [0.25, 0.3) is 0 Å². The van der Waals surface area contributed by atoms with E-state index in [0.29, 0.717) is 6.61 Å². The van der Waals surface area contributed by atoms with Crippen LogP contribution in [-0.2, 0) is 4.74 Å². The first kappa shape index (κ1) is 9.83. The van der Waals surface area contributed by atoms with Gasteiger partial charge in [0.05, 0.1) is 6.61 Å². The molecule has 1 amide bonds. The Balaban J connectivity index is 3.27. The molecule has 0 saturated heterocycles. The molecule has 0 spiro atoms. The molecular formula is C8H13NO2. The molecule has 3 nitrogen and oxygen atoms in total. The first-order chi connectivity index (χ1) is 5.31. The van der Waals surface area contributed by atoms with Gasteiger partial charge >= 0.3 is 6.09 Å². The van der Waals surface area contributed by atoms with Gasteiger partial charge in [-0.25, -0.2) is 10.1 Å². The maximum absolute atomic E-state index is 10.6. The lowest BCUT2D eigenvalue weighted by Crippen LogP contribution is -2.19. The number of amides is 1. The molecule has 0 rings (SSSR count). The third-order valence-electron chi connectivity index (χ3n) is 1.02. The molecule has 0 heterocycles. The predicted octanol–water partition coefficient (Wildman–Crippen LogP) is 1.49. The van der Waals surface area contributed by atoms with E-state index in [1.54, 1.807) is 6.92 Å². The summed E-state index contributed by atoms with van der Waals surface area (Å²) in [4.78, 5) is 10.6. The van der Waals surface area contributed by atoms with Crippen molar-refractivity contribution in [3.05, 3.63) is 0 Å². The van der Waals surface area contributed by atoms with E-state index < -0.39 is 6.09 Å². The van der Waals surface area contributed by atoms with Crippen molar-refractivity contribution in [3.8, 4) is 12.0 Å². The van der Waals surface area contributed by atoms with Crippen LogP contribution in [0.1, 0.15) is 26.7 Å². The first-order valence-corrected chi connectivity index (χ1v) is 3.65. The number of unbranched alkanes of at least 4 members (excludes halogenated alkanes) is 1. The number of rotatable bonds is 3. The number of hydrogen-bond acceptors (Lipinski definition) is 2. The van der Waals surface area contributed by atoms with Gasteiger partial charge in [-0.2, -0.15) is 0 Å². The lowest BCUT2D eigenvalue weighted by Gasteiger charge is -1.99. The van der Waals surface area contributed by atoms with Crippen molar-refractivity contribution in [3.63, 3.8) is 0 Å². The van der Waals surface area contributed by atoms with Gasteiger partial charge in [0.15, 0.2) is 0 Å². The van der Waals surface area contributed by atoms with Gasteiger partial charge in [0.1, 0.15) is 0 Å². The van der Waals surface area contributed by atoms with Crippen molar-refractivity contribution in [2.24, 2.45) is 0 Å². The summed E-state index contributed by atoms with van der Waals surface area (Å²) in [6.45, 7) is 4.15. The second-order valence-corrected chi connectivity index (χ2v) is 1.99. The van der Waals surface area contributed by atoms with E-state index in [9.17, 15) is 4.79 Å². The predicted molar refractivity (Wildman–Crippen MR) is 42.8 cm³/mol. The Bertz CT molecular complexity index is 167. The van der Waals surface area contributed by atoms with Gasteiger partial charge in [-0.05, 0) is 13.3 Å². The molecule has 0 aliphatic rings. The van der Waals surface area contributed by atoms with E-state index in [1.807, 2.05) is 6.92 Å². The average molecular weight is 155 g/mol. The van der Waals surface area contributed by atoms with E-state index in [1.165, 1.54) is 0 Å². The second-order valence-electron chi connectivity index (χ2n) is 1.99. The monoisotopic (exact) mass is 155 g/mol. The van der Waals surface area contributed by atoms with E-state index in [4.69, 9.17) is 4.74 Å². The Hall–Kier alpha value is -1.17. The fourth-order valence-electron chi connectivity index (χ4n) is 0.459. The standard InChI is InChI=1S/C8H13NO2/c1-3-5-7-11-8(10)9-6-4-2/h3,5,7H2,1-2H3,(H,9,10). The highest BCUT2D eigenvalue weighted by Crippen LogP contribution is 1.87. The molecule has 1 N–H and O–H groups in total. The fraction of sp³-hybridized carbons (Fsp3) is 0.625. The smallest absolute Gasteiger partial charge is 0.418 e. The summed E-state index contributed by atoms with van der Waals surface area (Å²) in [5.74, 6) is 2.53. The quantitative estimate of drug-likeness (QED) is 0.381. The maximum atomic E-state index is 10.6. The minimum Gasteiger partial charge on any atom is -0.449 e. The summed E-state index contributed by atoms with van der Waals surface area (Å²) in [6, 6.07) is 2.40. The number of ether oxygens (including phenoxy) is 1. The molecule has 0 aliphatic heterocycles. The highest BCUT2D eigenvalue weighted by atomic mass is 16.5. The molecule has 0 saturated carbocycles. The van der Waals surface area contributed by atoms with Crippen molar-refractivity contribution in [1.29, 1.82) is 0 Å². The van der Waals surface area contributed by atoms with Gasteiger partial charge in [-0.15, -0.1) is 0 Å². The van der Waals surface area contributed by atoms with Gasteiger partial charge in [-0.3, -0.25) is 0 Å². The third-order valence-corrected chi connectivity index (χ3v) is 1.02. The van der Waals surface area contributed by atoms with E-state index in [-0.39, 0.29) is 0 Å². The summed E-state index contributed by atoms with van der Waals surface area (Å²) in [6.07, 6.45) is 1.45. The molecule has 3 heteroatoms. The van der Waals surface area contributed by atoms with Crippen molar-refractivity contribution in [2.45, 2.75) is 26.7 Å². The van der Waals surface area contributed by atoms with Crippen LogP contribution in [0.2, 0.25) is 0 Å². The maximum Gasteiger partial charge on any atom is 0.418 e. The Morgan fingerprint density at radius 2 is 2.36 bits per heavy atom. The highest BCUT2D eigenvalue weighted by Gasteiger charge is 1.95. The minimum absolute atomic E-state index is 0.465. The Morgan fingerprint density at radius 1 is 1.64 bits per heavy atom. The number of hydrogen-bond donors (Lipinski definition) is 1. The Labute approximate surface area is 67.1 Å². The summed E-state index contributed by atoms with van der Waals surface area (Å²) >= 11 is 0. The van der Waals surface area contributed by atoms with E-state index >= 15 is 0 Å².